The lowest BCUT2D eigenvalue weighted by Gasteiger charge is -2.36. The van der Waals surface area contributed by atoms with Crippen LogP contribution >= 0.6 is 0 Å². The maximum atomic E-state index is 12.8. The van der Waals surface area contributed by atoms with Crippen molar-refractivity contribution < 1.29 is 13.2 Å². The summed E-state index contributed by atoms with van der Waals surface area (Å²) in [6.07, 6.45) is 5.82. The first kappa shape index (κ1) is 20.1. The molecule has 2 fully saturated rings. The fraction of sp³-hybridized carbons (Fsp3) is 0.650. The highest BCUT2D eigenvalue weighted by Gasteiger charge is 2.34. The number of nitrogens with zero attached hydrogens (tertiary/aromatic N) is 2. The second-order valence-corrected chi connectivity index (χ2v) is 10.1. The number of benzene rings is 1. The van der Waals surface area contributed by atoms with E-state index in [0.717, 1.165) is 6.42 Å². The van der Waals surface area contributed by atoms with Crippen LogP contribution in [-0.2, 0) is 16.4 Å². The molecule has 2 amide bonds. The van der Waals surface area contributed by atoms with Crippen molar-refractivity contribution in [2.75, 3.05) is 26.4 Å². The highest BCUT2D eigenvalue weighted by atomic mass is 32.2. The summed E-state index contributed by atoms with van der Waals surface area (Å²) in [6, 6.07) is 8.62. The van der Waals surface area contributed by atoms with Crippen molar-refractivity contribution in [2.24, 2.45) is 5.92 Å². The summed E-state index contributed by atoms with van der Waals surface area (Å²) in [4.78, 5) is 14.6. The summed E-state index contributed by atoms with van der Waals surface area (Å²) < 4.78 is 24.8. The van der Waals surface area contributed by atoms with Gasteiger partial charge in [-0.15, -0.1) is 0 Å². The van der Waals surface area contributed by atoms with Crippen LogP contribution in [0.25, 0.3) is 0 Å². The third-order valence-corrected chi connectivity index (χ3v) is 7.17. The van der Waals surface area contributed by atoms with Crippen LogP contribution in [0.1, 0.15) is 36.8 Å². The summed E-state index contributed by atoms with van der Waals surface area (Å²) in [6.45, 7) is 3.28. The van der Waals surface area contributed by atoms with Gasteiger partial charge in [0.25, 0.3) is 0 Å². The van der Waals surface area contributed by atoms with Gasteiger partial charge in [-0.05, 0) is 50.5 Å². The highest BCUT2D eigenvalue weighted by molar-refractivity contribution is 7.88. The second kappa shape index (κ2) is 8.19. The highest BCUT2D eigenvalue weighted by Crippen LogP contribution is 2.34. The molecule has 1 saturated heterocycles. The van der Waals surface area contributed by atoms with E-state index in [0.29, 0.717) is 31.8 Å². The second-order valence-electron chi connectivity index (χ2n) is 8.08. The third-order valence-electron chi connectivity index (χ3n) is 5.83. The maximum absolute atomic E-state index is 12.8. The average molecular weight is 394 g/mol. The Morgan fingerprint density at radius 1 is 1.26 bits per heavy atom. The van der Waals surface area contributed by atoms with E-state index in [1.807, 2.05) is 4.90 Å². The van der Waals surface area contributed by atoms with E-state index in [4.69, 9.17) is 0 Å². The molecule has 1 aliphatic heterocycles. The summed E-state index contributed by atoms with van der Waals surface area (Å²) >= 11 is 0. The molecule has 1 unspecified atom stereocenters. The third kappa shape index (κ3) is 5.45. The van der Waals surface area contributed by atoms with Crippen LogP contribution in [-0.4, -0.2) is 62.1 Å². The van der Waals surface area contributed by atoms with Crippen molar-refractivity contribution in [2.45, 2.75) is 51.1 Å². The van der Waals surface area contributed by atoms with Crippen LogP contribution in [0.2, 0.25) is 0 Å². The summed E-state index contributed by atoms with van der Waals surface area (Å²) in [5.41, 5.74) is 2.51. The number of carbonyl (C=O) groups excluding carboxylic acids is 1. The van der Waals surface area contributed by atoms with Crippen molar-refractivity contribution in [1.29, 1.82) is 0 Å². The Morgan fingerprint density at radius 2 is 1.93 bits per heavy atom. The minimum absolute atomic E-state index is 0.0139. The molecule has 0 spiro atoms. The van der Waals surface area contributed by atoms with E-state index in [-0.39, 0.29) is 18.1 Å². The number of amides is 2. The van der Waals surface area contributed by atoms with Gasteiger partial charge in [-0.2, -0.15) is 0 Å². The fourth-order valence-electron chi connectivity index (χ4n) is 3.88. The fourth-order valence-corrected chi connectivity index (χ4v) is 4.63. The number of likely N-dealkylation sites (tertiary alicyclic amines) is 1. The SMILES string of the molecule is Cc1cccc(CC(NC(=O)N2CCC(N(C)S(C)(=O)=O)CC2)C2CC2)c1. The largest absolute Gasteiger partial charge is 0.335 e. The van der Waals surface area contributed by atoms with Crippen LogP contribution in [0.15, 0.2) is 24.3 Å². The number of aryl methyl sites for hydroxylation is 1. The van der Waals surface area contributed by atoms with E-state index in [1.54, 1.807) is 7.05 Å². The van der Waals surface area contributed by atoms with Crippen molar-refractivity contribution in [3.05, 3.63) is 35.4 Å². The lowest BCUT2D eigenvalue weighted by molar-refractivity contribution is 0.160. The van der Waals surface area contributed by atoms with Crippen molar-refractivity contribution in [1.82, 2.24) is 14.5 Å². The lowest BCUT2D eigenvalue weighted by Crippen LogP contribution is -2.52. The molecule has 0 radical (unpaired) electrons. The number of hydrogen-bond acceptors (Lipinski definition) is 3. The maximum Gasteiger partial charge on any atom is 0.317 e. The Balaban J connectivity index is 1.54. The van der Waals surface area contributed by atoms with Gasteiger partial charge in [0.1, 0.15) is 0 Å². The molecular weight excluding hydrogens is 362 g/mol. The van der Waals surface area contributed by atoms with Crippen LogP contribution < -0.4 is 5.32 Å². The minimum Gasteiger partial charge on any atom is -0.335 e. The Bertz CT molecular complexity index is 768. The minimum atomic E-state index is -3.19. The van der Waals surface area contributed by atoms with Gasteiger partial charge in [-0.3, -0.25) is 0 Å². The predicted molar refractivity (Wildman–Crippen MR) is 107 cm³/mol. The molecular formula is C20H31N3O3S. The molecule has 1 heterocycles. The zero-order valence-corrected chi connectivity index (χ0v) is 17.3. The van der Waals surface area contributed by atoms with Crippen molar-refractivity contribution in [3.63, 3.8) is 0 Å². The number of urea groups is 1. The molecule has 27 heavy (non-hydrogen) atoms. The number of nitrogens with one attached hydrogen (secondary N) is 1. The normalized spacial score (nSPS) is 19.9. The average Bonchev–Trinajstić information content (AvgIpc) is 3.45. The number of sulfonamides is 1. The molecule has 2 aliphatic rings. The first-order chi connectivity index (χ1) is 12.7. The summed E-state index contributed by atoms with van der Waals surface area (Å²) in [5.74, 6) is 0.573. The van der Waals surface area contributed by atoms with Gasteiger partial charge in [-0.25, -0.2) is 17.5 Å². The molecule has 7 heteroatoms. The van der Waals surface area contributed by atoms with Crippen molar-refractivity contribution in [3.8, 4) is 0 Å². The van der Waals surface area contributed by atoms with Gasteiger partial charge < -0.3 is 10.2 Å². The van der Waals surface area contributed by atoms with E-state index < -0.39 is 10.0 Å². The van der Waals surface area contributed by atoms with Gasteiger partial charge in [0.05, 0.1) is 6.26 Å². The van der Waals surface area contributed by atoms with Gasteiger partial charge in [0.2, 0.25) is 10.0 Å². The zero-order valence-electron chi connectivity index (χ0n) is 16.5. The van der Waals surface area contributed by atoms with Crippen LogP contribution in [0.5, 0.6) is 0 Å². The van der Waals surface area contributed by atoms with Crippen LogP contribution in [0, 0.1) is 12.8 Å². The molecule has 1 aromatic carbocycles. The van der Waals surface area contributed by atoms with E-state index in [2.05, 4.69) is 36.5 Å². The molecule has 1 N–H and O–H groups in total. The van der Waals surface area contributed by atoms with E-state index >= 15 is 0 Å². The predicted octanol–water partition coefficient (Wildman–Crippen LogP) is 2.38. The molecule has 1 aliphatic carbocycles. The first-order valence-electron chi connectivity index (χ1n) is 9.78. The van der Waals surface area contributed by atoms with Gasteiger partial charge >= 0.3 is 6.03 Å². The first-order valence-corrected chi connectivity index (χ1v) is 11.6. The zero-order chi connectivity index (χ0) is 19.6. The Labute approximate surface area is 163 Å². The Kier molecular flexibility index (Phi) is 6.11. The molecule has 150 valence electrons. The summed E-state index contributed by atoms with van der Waals surface area (Å²) in [7, 11) is -1.56. The van der Waals surface area contributed by atoms with E-state index in [9.17, 15) is 13.2 Å². The van der Waals surface area contributed by atoms with Gasteiger partial charge in [-0.1, -0.05) is 29.8 Å². The van der Waals surface area contributed by atoms with E-state index in [1.165, 1.54) is 34.5 Å². The van der Waals surface area contributed by atoms with Gasteiger partial charge in [0, 0.05) is 32.2 Å². The lowest BCUT2D eigenvalue weighted by atomic mass is 10.0. The summed E-state index contributed by atoms with van der Waals surface area (Å²) in [5, 5.41) is 3.25. The monoisotopic (exact) mass is 393 g/mol. The molecule has 1 aromatic rings. The Morgan fingerprint density at radius 3 is 2.48 bits per heavy atom. The number of hydrogen-bond donors (Lipinski definition) is 1. The molecule has 3 rings (SSSR count). The Hall–Kier alpha value is -1.60. The number of piperidine rings is 1. The topological polar surface area (TPSA) is 69.7 Å². The number of carbonyl (C=O) groups is 1. The number of rotatable bonds is 6. The van der Waals surface area contributed by atoms with Crippen LogP contribution in [0.3, 0.4) is 0 Å². The molecule has 6 nitrogen and oxygen atoms in total. The van der Waals surface area contributed by atoms with Gasteiger partial charge in [0.15, 0.2) is 0 Å². The quantitative estimate of drug-likeness (QED) is 0.807. The standard InChI is InChI=1S/C20H31N3O3S/c1-15-5-4-6-16(13-15)14-19(17-7-8-17)21-20(24)23-11-9-18(10-12-23)22(2)27(3,25)26/h4-6,13,17-19H,7-12,14H2,1-3H3,(H,21,24). The van der Waals surface area contributed by atoms with Crippen LogP contribution in [0.4, 0.5) is 4.79 Å². The molecule has 1 saturated carbocycles. The molecule has 0 bridgehead atoms. The smallest absolute Gasteiger partial charge is 0.317 e. The molecule has 0 aromatic heterocycles. The molecule has 1 atom stereocenters. The van der Waals surface area contributed by atoms with Crippen molar-refractivity contribution >= 4 is 16.1 Å².